The first-order valence-corrected chi connectivity index (χ1v) is 15.7. The minimum atomic E-state index is -0.921. The average Bonchev–Trinajstić information content (AvgIpc) is 3.59. The number of nitrogens with zero attached hydrogens (tertiary/aromatic N) is 3. The predicted molar refractivity (Wildman–Crippen MR) is 158 cm³/mol. The fourth-order valence-corrected chi connectivity index (χ4v) is 7.78. The second-order valence-electron chi connectivity index (χ2n) is 11.9. The molecule has 0 aromatic heterocycles. The van der Waals surface area contributed by atoms with Crippen molar-refractivity contribution < 1.29 is 29.0 Å². The summed E-state index contributed by atoms with van der Waals surface area (Å²) in [5, 5.41) is 9.97. The maximum atomic E-state index is 14.3. The normalized spacial score (nSPS) is 25.3. The number of carbonyl (C=O) groups excluding carboxylic acids is 3. The van der Waals surface area contributed by atoms with Crippen molar-refractivity contribution in [2.24, 2.45) is 11.8 Å². The molecule has 10 heteroatoms. The van der Waals surface area contributed by atoms with Gasteiger partial charge < -0.3 is 24.5 Å². The van der Waals surface area contributed by atoms with Crippen molar-refractivity contribution in [1.29, 1.82) is 0 Å². The fraction of sp³-hybridized carbons (Fsp3) is 0.500. The van der Waals surface area contributed by atoms with Crippen molar-refractivity contribution in [3.05, 3.63) is 63.1 Å². The Morgan fingerprint density at radius 2 is 1.79 bits per heavy atom. The van der Waals surface area contributed by atoms with Gasteiger partial charge in [0.1, 0.15) is 11.9 Å². The van der Waals surface area contributed by atoms with Crippen LogP contribution in [0.4, 0.5) is 0 Å². The summed E-state index contributed by atoms with van der Waals surface area (Å²) >= 11 is 3.72. The lowest BCUT2D eigenvalue weighted by atomic mass is 9.77. The predicted octanol–water partition coefficient (Wildman–Crippen LogP) is 4.42. The number of amides is 3. The molecule has 3 unspecified atom stereocenters. The SMILES string of the molecule is CC(=O)N1CCC(Oc2ccc(Br)c3c2[C@@H](CN2Cc4ccccc4C2=O)N(C(=O)C2CCCCC2C(=O)O)CC3)C1. The van der Waals surface area contributed by atoms with Crippen LogP contribution in [0.1, 0.15) is 72.1 Å². The van der Waals surface area contributed by atoms with Gasteiger partial charge in [-0.05, 0) is 48.6 Å². The van der Waals surface area contributed by atoms with E-state index in [0.717, 1.165) is 34.0 Å². The molecule has 9 nitrogen and oxygen atoms in total. The van der Waals surface area contributed by atoms with E-state index in [-0.39, 0.29) is 30.4 Å². The third-order valence-electron chi connectivity index (χ3n) is 9.43. The van der Waals surface area contributed by atoms with Gasteiger partial charge >= 0.3 is 5.97 Å². The highest BCUT2D eigenvalue weighted by molar-refractivity contribution is 9.10. The minimum Gasteiger partial charge on any atom is -0.488 e. The number of hydrogen-bond acceptors (Lipinski definition) is 5. The molecule has 3 heterocycles. The summed E-state index contributed by atoms with van der Waals surface area (Å²) in [6.45, 7) is 3.83. The smallest absolute Gasteiger partial charge is 0.307 e. The minimum absolute atomic E-state index is 0.0150. The Balaban J connectivity index is 1.37. The molecule has 4 atom stereocenters. The first-order valence-electron chi connectivity index (χ1n) is 14.9. The van der Waals surface area contributed by atoms with Gasteiger partial charge in [-0.15, -0.1) is 0 Å². The van der Waals surface area contributed by atoms with Gasteiger partial charge in [0.05, 0.1) is 24.4 Å². The maximum Gasteiger partial charge on any atom is 0.307 e. The van der Waals surface area contributed by atoms with Gasteiger partial charge in [-0.3, -0.25) is 19.2 Å². The van der Waals surface area contributed by atoms with E-state index < -0.39 is 23.8 Å². The number of aliphatic carboxylic acids is 1. The molecular formula is C32H36BrN3O6. The zero-order valence-corrected chi connectivity index (χ0v) is 25.3. The number of carbonyl (C=O) groups is 4. The lowest BCUT2D eigenvalue weighted by molar-refractivity contribution is -0.153. The van der Waals surface area contributed by atoms with Crippen molar-refractivity contribution in [3.8, 4) is 5.75 Å². The summed E-state index contributed by atoms with van der Waals surface area (Å²) in [4.78, 5) is 57.3. The molecule has 222 valence electrons. The third-order valence-corrected chi connectivity index (χ3v) is 10.2. The molecule has 1 saturated heterocycles. The average molecular weight is 639 g/mol. The van der Waals surface area contributed by atoms with E-state index in [2.05, 4.69) is 15.9 Å². The highest BCUT2D eigenvalue weighted by atomic mass is 79.9. The van der Waals surface area contributed by atoms with Gasteiger partial charge in [0.25, 0.3) is 5.91 Å². The molecule has 6 rings (SSSR count). The van der Waals surface area contributed by atoms with E-state index >= 15 is 0 Å². The molecule has 3 aliphatic heterocycles. The number of rotatable bonds is 6. The molecule has 0 bridgehead atoms. The molecule has 3 amide bonds. The molecule has 42 heavy (non-hydrogen) atoms. The third kappa shape index (κ3) is 5.29. The summed E-state index contributed by atoms with van der Waals surface area (Å²) in [5.74, 6) is -1.79. The van der Waals surface area contributed by atoms with Crippen LogP contribution in [0.15, 0.2) is 40.9 Å². The second kappa shape index (κ2) is 11.7. The van der Waals surface area contributed by atoms with Crippen molar-refractivity contribution >= 4 is 39.6 Å². The van der Waals surface area contributed by atoms with Gasteiger partial charge in [-0.1, -0.05) is 47.0 Å². The van der Waals surface area contributed by atoms with Gasteiger partial charge in [0.15, 0.2) is 0 Å². The molecule has 1 saturated carbocycles. The topological polar surface area (TPSA) is 107 Å². The molecule has 1 aliphatic carbocycles. The van der Waals surface area contributed by atoms with Crippen LogP contribution in [0.5, 0.6) is 5.75 Å². The van der Waals surface area contributed by atoms with E-state index in [0.29, 0.717) is 63.2 Å². The number of fused-ring (bicyclic) bond motifs is 2. The Morgan fingerprint density at radius 1 is 1.02 bits per heavy atom. The molecule has 1 N–H and O–H groups in total. The van der Waals surface area contributed by atoms with Gasteiger partial charge in [-0.25, -0.2) is 0 Å². The molecule has 2 aromatic rings. The van der Waals surface area contributed by atoms with Crippen LogP contribution in [0.25, 0.3) is 0 Å². The zero-order chi connectivity index (χ0) is 29.5. The Morgan fingerprint density at radius 3 is 2.50 bits per heavy atom. The van der Waals surface area contributed by atoms with E-state index in [1.54, 1.807) is 16.7 Å². The monoisotopic (exact) mass is 637 g/mol. The van der Waals surface area contributed by atoms with Crippen molar-refractivity contribution in [2.75, 3.05) is 26.2 Å². The maximum absolute atomic E-state index is 14.3. The van der Waals surface area contributed by atoms with Crippen LogP contribution < -0.4 is 4.74 Å². The molecule has 2 aromatic carbocycles. The Bertz CT molecular complexity index is 1430. The summed E-state index contributed by atoms with van der Waals surface area (Å²) in [6, 6.07) is 10.9. The molecule has 2 fully saturated rings. The number of carboxylic acid groups (broad SMARTS) is 1. The summed E-state index contributed by atoms with van der Waals surface area (Å²) in [5.41, 5.74) is 3.52. The van der Waals surface area contributed by atoms with Gasteiger partial charge in [0.2, 0.25) is 11.8 Å². The first kappa shape index (κ1) is 28.7. The molecule has 0 radical (unpaired) electrons. The largest absolute Gasteiger partial charge is 0.488 e. The number of halogens is 1. The Kier molecular flexibility index (Phi) is 8.00. The standard InChI is InChI=1S/C32H36BrN3O6/c1-19(37)34-14-12-21(17-34)42-28-11-10-26(33)25-13-15-36(31(39)23-8-4-5-9-24(23)32(40)41)27(29(25)28)18-35-16-20-6-2-3-7-22(20)30(35)38/h2-3,6-7,10-11,21,23-24,27H,4-5,8-9,12-18H2,1H3,(H,40,41)/t21?,23?,24?,27-/m1/s1. The number of ether oxygens (including phenoxy) is 1. The van der Waals surface area contributed by atoms with E-state index in [9.17, 15) is 24.3 Å². The van der Waals surface area contributed by atoms with E-state index in [1.807, 2.05) is 41.3 Å². The fourth-order valence-electron chi connectivity index (χ4n) is 7.23. The van der Waals surface area contributed by atoms with E-state index in [1.165, 1.54) is 0 Å². The number of hydrogen-bond donors (Lipinski definition) is 1. The molecule has 0 spiro atoms. The number of carboxylic acids is 1. The van der Waals surface area contributed by atoms with Crippen LogP contribution >= 0.6 is 15.9 Å². The zero-order valence-electron chi connectivity index (χ0n) is 23.8. The summed E-state index contributed by atoms with van der Waals surface area (Å²) < 4.78 is 7.49. The van der Waals surface area contributed by atoms with Gasteiger partial charge in [0, 0.05) is 55.1 Å². The summed E-state index contributed by atoms with van der Waals surface area (Å²) in [7, 11) is 0. The number of benzene rings is 2. The summed E-state index contributed by atoms with van der Waals surface area (Å²) in [6.07, 6.45) is 3.77. The highest BCUT2D eigenvalue weighted by Crippen LogP contribution is 2.44. The van der Waals surface area contributed by atoms with Gasteiger partial charge in [-0.2, -0.15) is 0 Å². The number of likely N-dealkylation sites (tertiary alicyclic amines) is 1. The van der Waals surface area contributed by atoms with Crippen molar-refractivity contribution in [1.82, 2.24) is 14.7 Å². The quantitative estimate of drug-likeness (QED) is 0.502. The second-order valence-corrected chi connectivity index (χ2v) is 12.8. The highest BCUT2D eigenvalue weighted by Gasteiger charge is 2.44. The van der Waals surface area contributed by atoms with Crippen LogP contribution in [0.3, 0.4) is 0 Å². The first-order chi connectivity index (χ1) is 20.2. The van der Waals surface area contributed by atoms with Crippen LogP contribution in [-0.2, 0) is 27.3 Å². The van der Waals surface area contributed by atoms with E-state index in [4.69, 9.17) is 4.74 Å². The van der Waals surface area contributed by atoms with Crippen LogP contribution in [-0.4, -0.2) is 75.8 Å². The van der Waals surface area contributed by atoms with Crippen LogP contribution in [0, 0.1) is 11.8 Å². The van der Waals surface area contributed by atoms with Crippen molar-refractivity contribution in [3.63, 3.8) is 0 Å². The lowest BCUT2D eigenvalue weighted by Crippen LogP contribution is -2.50. The molecular weight excluding hydrogens is 602 g/mol. The lowest BCUT2D eigenvalue weighted by Gasteiger charge is -2.43. The molecule has 4 aliphatic rings. The van der Waals surface area contributed by atoms with Crippen molar-refractivity contribution in [2.45, 2.75) is 64.1 Å². The van der Waals surface area contributed by atoms with Crippen LogP contribution in [0.2, 0.25) is 0 Å². The Hall–Kier alpha value is -3.40. The Labute approximate surface area is 253 Å².